The summed E-state index contributed by atoms with van der Waals surface area (Å²) in [5.74, 6) is 4.92. The molecule has 0 nitrogen and oxygen atoms in total. The van der Waals surface area contributed by atoms with Crippen LogP contribution in [0, 0.1) is 34.5 Å². The molecule has 0 aliphatic heterocycles. The van der Waals surface area contributed by atoms with Crippen molar-refractivity contribution in [2.24, 2.45) is 34.5 Å². The average Bonchev–Trinajstić information content (AvgIpc) is 2.54. The van der Waals surface area contributed by atoms with Gasteiger partial charge >= 0.3 is 21.1 Å². The van der Waals surface area contributed by atoms with Crippen molar-refractivity contribution in [3.63, 3.8) is 0 Å². The van der Waals surface area contributed by atoms with Crippen LogP contribution in [0.2, 0.25) is 0 Å². The van der Waals surface area contributed by atoms with Gasteiger partial charge in [0.25, 0.3) is 0 Å². The van der Waals surface area contributed by atoms with E-state index >= 15 is 0 Å². The van der Waals surface area contributed by atoms with Crippen LogP contribution in [0.4, 0.5) is 0 Å². The average molecular weight is 596 g/mol. The number of fused-ring (bicyclic) bond motifs is 4. The minimum Gasteiger partial charge on any atom is -0.794 e. The van der Waals surface area contributed by atoms with Crippen molar-refractivity contribution in [2.75, 3.05) is 11.5 Å². The van der Waals surface area contributed by atoms with Crippen molar-refractivity contribution in [3.05, 3.63) is 0 Å². The molecular formula is C20H32PtS4. The zero-order chi connectivity index (χ0) is 18.0. The van der Waals surface area contributed by atoms with Crippen LogP contribution in [0.25, 0.3) is 0 Å². The van der Waals surface area contributed by atoms with Crippen LogP contribution in [0.1, 0.15) is 66.2 Å². The molecule has 0 saturated heterocycles. The van der Waals surface area contributed by atoms with E-state index in [9.17, 15) is 0 Å². The summed E-state index contributed by atoms with van der Waals surface area (Å²) in [6, 6.07) is 0. The normalized spacial score (nSPS) is 48.0. The smallest absolute Gasteiger partial charge is 0.794 e. The summed E-state index contributed by atoms with van der Waals surface area (Å²) in [7, 11) is 0. The Hall–Kier alpha value is 2.09. The van der Waals surface area contributed by atoms with Crippen LogP contribution in [-0.2, 0) is 71.6 Å². The molecule has 4 bridgehead atoms. The SMILES string of the molecule is CC1(C)C2CCC([S-])(C[S-])C1C2.CC1(C)C2CCC([S-])(C[S-])C1C2.[Pt+4]. The summed E-state index contributed by atoms with van der Waals surface area (Å²) in [4.78, 5) is 0. The maximum atomic E-state index is 5.66. The molecule has 6 atom stereocenters. The Balaban J connectivity index is 0.000000173. The van der Waals surface area contributed by atoms with Gasteiger partial charge in [0, 0.05) is 0 Å². The van der Waals surface area contributed by atoms with E-state index < -0.39 is 0 Å². The topological polar surface area (TPSA) is 0 Å². The fourth-order valence-corrected chi connectivity index (χ4v) is 8.06. The molecule has 6 rings (SSSR count). The van der Waals surface area contributed by atoms with E-state index in [1.54, 1.807) is 0 Å². The Morgan fingerprint density at radius 2 is 1.04 bits per heavy atom. The maximum absolute atomic E-state index is 5.66. The first-order valence-electron chi connectivity index (χ1n) is 9.58. The second-order valence-electron chi connectivity index (χ2n) is 10.1. The first-order valence-corrected chi connectivity index (χ1v) is 11.6. The molecule has 0 aromatic heterocycles. The van der Waals surface area contributed by atoms with E-state index in [0.29, 0.717) is 10.8 Å². The van der Waals surface area contributed by atoms with Crippen LogP contribution < -0.4 is 0 Å². The fraction of sp³-hybridized carbons (Fsp3) is 1.00. The molecule has 0 radical (unpaired) electrons. The van der Waals surface area contributed by atoms with Crippen LogP contribution in [0.3, 0.4) is 0 Å². The molecule has 0 N–H and O–H groups in total. The van der Waals surface area contributed by atoms with Gasteiger partial charge in [-0.05, 0) is 35.5 Å². The van der Waals surface area contributed by atoms with Gasteiger partial charge in [0.15, 0.2) is 0 Å². The van der Waals surface area contributed by atoms with Crippen LogP contribution in [0.5, 0.6) is 0 Å². The van der Waals surface area contributed by atoms with Crippen molar-refractivity contribution in [3.8, 4) is 0 Å². The van der Waals surface area contributed by atoms with Gasteiger partial charge in [0.1, 0.15) is 0 Å². The van der Waals surface area contributed by atoms with Crippen molar-refractivity contribution in [1.29, 1.82) is 0 Å². The molecule has 6 aliphatic rings. The minimum absolute atomic E-state index is 0. The Morgan fingerprint density at radius 1 is 0.720 bits per heavy atom. The third-order valence-electron chi connectivity index (χ3n) is 8.53. The van der Waals surface area contributed by atoms with E-state index in [1.807, 2.05) is 0 Å². The van der Waals surface area contributed by atoms with Gasteiger partial charge < -0.3 is 50.5 Å². The summed E-state index contributed by atoms with van der Waals surface area (Å²) < 4.78 is 0.154. The number of hydrogen-bond donors (Lipinski definition) is 0. The third kappa shape index (κ3) is 3.69. The third-order valence-corrected chi connectivity index (χ3v) is 11.2. The zero-order valence-electron chi connectivity index (χ0n) is 15.9. The standard InChI is InChI=1S/2C10H18S2.Pt/c2*1-9(2)7-3-4-10(12,6-11)8(9)5-7;/h2*7-8,11-12H,3-6H2,1-2H3;/q;;+4/p-4. The molecule has 0 aromatic rings. The van der Waals surface area contributed by atoms with Gasteiger partial charge in [-0.15, -0.1) is 0 Å². The molecule has 0 spiro atoms. The Bertz CT molecular complexity index is 446. The first kappa shape index (κ1) is 23.4. The Kier molecular flexibility index (Phi) is 7.23. The predicted molar refractivity (Wildman–Crippen MR) is 114 cm³/mol. The van der Waals surface area contributed by atoms with Gasteiger partial charge in [0.05, 0.1) is 0 Å². The van der Waals surface area contributed by atoms with Crippen molar-refractivity contribution >= 4 is 50.5 Å². The summed E-state index contributed by atoms with van der Waals surface area (Å²) in [6.45, 7) is 9.49. The van der Waals surface area contributed by atoms with E-state index in [-0.39, 0.29) is 30.6 Å². The second kappa shape index (κ2) is 7.73. The van der Waals surface area contributed by atoms with Crippen LogP contribution in [-0.4, -0.2) is 21.0 Å². The molecule has 0 heterocycles. The quantitative estimate of drug-likeness (QED) is 0.430. The second-order valence-corrected chi connectivity index (χ2v) is 12.3. The van der Waals surface area contributed by atoms with Crippen molar-refractivity contribution < 1.29 is 21.1 Å². The van der Waals surface area contributed by atoms with Crippen molar-refractivity contribution in [1.82, 2.24) is 0 Å². The van der Waals surface area contributed by atoms with Crippen molar-refractivity contribution in [2.45, 2.75) is 75.7 Å². The summed E-state index contributed by atoms with van der Waals surface area (Å²) in [6.07, 6.45) is 7.75. The monoisotopic (exact) mass is 595 g/mol. The van der Waals surface area contributed by atoms with E-state index in [0.717, 1.165) is 35.2 Å². The zero-order valence-corrected chi connectivity index (χ0v) is 21.5. The summed E-state index contributed by atoms with van der Waals surface area (Å²) in [5, 5.41) is 0. The van der Waals surface area contributed by atoms with E-state index in [2.05, 4.69) is 27.7 Å². The van der Waals surface area contributed by atoms with Gasteiger partial charge in [-0.2, -0.15) is 21.0 Å². The fourth-order valence-electron chi connectivity index (χ4n) is 6.33. The Labute approximate surface area is 192 Å². The molecule has 6 saturated carbocycles. The van der Waals surface area contributed by atoms with Gasteiger partial charge in [-0.1, -0.05) is 65.2 Å². The molecule has 146 valence electrons. The molecule has 5 heteroatoms. The number of rotatable bonds is 2. The molecule has 0 aromatic carbocycles. The van der Waals surface area contributed by atoms with E-state index in [4.69, 9.17) is 50.5 Å². The van der Waals surface area contributed by atoms with Gasteiger partial charge in [0.2, 0.25) is 0 Å². The van der Waals surface area contributed by atoms with E-state index in [1.165, 1.54) is 38.5 Å². The maximum Gasteiger partial charge on any atom is 4.00 e. The Morgan fingerprint density at radius 3 is 1.20 bits per heavy atom. The molecule has 6 unspecified atom stereocenters. The molecular weight excluding hydrogens is 564 g/mol. The molecule has 25 heavy (non-hydrogen) atoms. The minimum atomic E-state index is 0. The largest absolute Gasteiger partial charge is 4.00 e. The predicted octanol–water partition coefficient (Wildman–Crippen LogP) is 4.55. The summed E-state index contributed by atoms with van der Waals surface area (Å²) >= 11 is 21.7. The molecule has 6 fully saturated rings. The van der Waals surface area contributed by atoms with Gasteiger partial charge in [-0.3, -0.25) is 0 Å². The molecule has 6 aliphatic carbocycles. The van der Waals surface area contributed by atoms with Gasteiger partial charge in [-0.25, -0.2) is 0 Å². The van der Waals surface area contributed by atoms with Crippen LogP contribution >= 0.6 is 0 Å². The summed E-state index contributed by atoms with van der Waals surface area (Å²) in [5.41, 5.74) is 0.998. The van der Waals surface area contributed by atoms with Crippen LogP contribution in [0.15, 0.2) is 0 Å². The molecule has 0 amide bonds. The first-order chi connectivity index (χ1) is 11.0. The number of hydrogen-bond acceptors (Lipinski definition) is 4.